The molecule has 1 aromatic rings. The van der Waals surface area contributed by atoms with Gasteiger partial charge in [0, 0.05) is 25.0 Å². The molecule has 0 saturated heterocycles. The van der Waals surface area contributed by atoms with E-state index in [4.69, 9.17) is 0 Å². The third kappa shape index (κ3) is 8.81. The predicted molar refractivity (Wildman–Crippen MR) is 71.6 cm³/mol. The molecule has 0 spiro atoms. The van der Waals surface area contributed by atoms with Gasteiger partial charge in [-0.25, -0.2) is 0 Å². The second-order valence-electron chi connectivity index (χ2n) is 4.07. The molecular weight excluding hydrogens is 215 g/mol. The zero-order chi connectivity index (χ0) is 13.1. The molecule has 0 atom stereocenters. The molecule has 0 aromatic carbocycles. The lowest BCUT2D eigenvalue weighted by Gasteiger charge is -2.06. The summed E-state index contributed by atoms with van der Waals surface area (Å²) in [6.45, 7) is 9.23. The molecule has 0 radical (unpaired) electrons. The maximum atomic E-state index is 12.2. The minimum absolute atomic E-state index is 0.577. The number of halogens is 1. The first-order valence-electron chi connectivity index (χ1n) is 6.46. The minimum atomic E-state index is 0.577. The minimum Gasteiger partial charge on any atom is -0.261 e. The number of pyridine rings is 1. The summed E-state index contributed by atoms with van der Waals surface area (Å²) in [4.78, 5) is 4.15. The second-order valence-corrected chi connectivity index (χ2v) is 4.07. The van der Waals surface area contributed by atoms with E-state index >= 15 is 0 Å². The van der Waals surface area contributed by atoms with Gasteiger partial charge in [-0.15, -0.1) is 9.60 Å². The summed E-state index contributed by atoms with van der Waals surface area (Å²) in [5, 5.41) is 0.861. The Labute approximate surface area is 105 Å². The Morgan fingerprint density at radius 3 is 2.06 bits per heavy atom. The van der Waals surface area contributed by atoms with E-state index in [1.54, 1.807) is 0 Å². The van der Waals surface area contributed by atoms with Crippen LogP contribution >= 0.6 is 0 Å². The number of hydrogen-bond donors (Lipinski definition) is 0. The molecule has 0 fully saturated rings. The first kappa shape index (κ1) is 16.0. The first-order valence-corrected chi connectivity index (χ1v) is 6.46. The first-order chi connectivity index (χ1) is 8.13. The molecule has 98 valence electrons. The van der Waals surface area contributed by atoms with Gasteiger partial charge in [0.25, 0.3) is 0 Å². The zero-order valence-corrected chi connectivity index (χ0v) is 11.5. The monoisotopic (exact) mass is 240 g/mol. The fourth-order valence-electron chi connectivity index (χ4n) is 1.30. The van der Waals surface area contributed by atoms with Crippen LogP contribution in [0.1, 0.15) is 44.9 Å². The van der Waals surface area contributed by atoms with Crippen molar-refractivity contribution in [1.29, 1.82) is 0 Å². The maximum Gasteiger partial charge on any atom is 0.0372 e. The van der Waals surface area contributed by atoms with E-state index in [1.165, 1.54) is 5.56 Å². The van der Waals surface area contributed by atoms with E-state index in [9.17, 15) is 4.48 Å². The van der Waals surface area contributed by atoms with Crippen molar-refractivity contribution < 1.29 is 4.48 Å². The lowest BCUT2D eigenvalue weighted by atomic mass is 10.2. The number of hydrogen-bond acceptors (Lipinski definition) is 2. The topological polar surface area (TPSA) is 16.1 Å². The molecule has 0 amide bonds. The normalized spacial score (nSPS) is 10.0. The van der Waals surface area contributed by atoms with Crippen molar-refractivity contribution in [3.63, 3.8) is 0 Å². The van der Waals surface area contributed by atoms with Crippen molar-refractivity contribution in [2.75, 3.05) is 13.1 Å². The van der Waals surface area contributed by atoms with Gasteiger partial charge >= 0.3 is 0 Å². The Kier molecular flexibility index (Phi) is 9.63. The Bertz CT molecular complexity index is 266. The lowest BCUT2D eigenvalue weighted by molar-refractivity contribution is 0.0259. The Morgan fingerprint density at radius 1 is 1.12 bits per heavy atom. The van der Waals surface area contributed by atoms with Crippen LogP contribution in [-0.4, -0.2) is 23.2 Å². The summed E-state index contributed by atoms with van der Waals surface area (Å²) in [5.74, 6) is 0. The number of rotatable bonds is 5. The number of aryl methyl sites for hydroxylation is 2. The number of aromatic nitrogens is 1. The highest BCUT2D eigenvalue weighted by Gasteiger charge is 1.95. The molecule has 1 heterocycles. The molecule has 17 heavy (non-hydrogen) atoms. The van der Waals surface area contributed by atoms with Gasteiger partial charge in [0.2, 0.25) is 0 Å². The highest BCUT2D eigenvalue weighted by atomic mass is 19.2. The maximum absolute atomic E-state index is 12.2. The average Bonchev–Trinajstić information content (AvgIpc) is 2.32. The second kappa shape index (κ2) is 10.2. The highest BCUT2D eigenvalue weighted by molar-refractivity contribution is 5.12. The standard InChI is InChI=1S/C8H11N.C6H14FN/c1-3-8-5-4-7(2)9-6-8;1-3-5-8(7)6-4-2/h4-6H,3H2,1-2H3;3-6H2,1-2H3. The van der Waals surface area contributed by atoms with Crippen molar-refractivity contribution >= 4 is 0 Å². The van der Waals surface area contributed by atoms with Gasteiger partial charge in [0.1, 0.15) is 0 Å². The summed E-state index contributed by atoms with van der Waals surface area (Å²) in [5.41, 5.74) is 2.40. The Morgan fingerprint density at radius 2 is 1.71 bits per heavy atom. The molecule has 1 aromatic heterocycles. The quantitative estimate of drug-likeness (QED) is 0.725. The molecule has 2 nitrogen and oxygen atoms in total. The molecule has 0 aliphatic carbocycles. The van der Waals surface area contributed by atoms with Crippen LogP contribution in [0.4, 0.5) is 4.48 Å². The van der Waals surface area contributed by atoms with Crippen LogP contribution in [0.25, 0.3) is 0 Å². The van der Waals surface area contributed by atoms with Gasteiger partial charge in [-0.1, -0.05) is 26.8 Å². The summed E-state index contributed by atoms with van der Waals surface area (Å²) in [7, 11) is 0. The lowest BCUT2D eigenvalue weighted by Crippen LogP contribution is -2.14. The van der Waals surface area contributed by atoms with Crippen molar-refractivity contribution in [3.05, 3.63) is 29.6 Å². The van der Waals surface area contributed by atoms with E-state index in [1.807, 2.05) is 33.0 Å². The summed E-state index contributed by atoms with van der Waals surface area (Å²) < 4.78 is 12.2. The fourth-order valence-corrected chi connectivity index (χ4v) is 1.30. The van der Waals surface area contributed by atoms with Crippen molar-refractivity contribution in [1.82, 2.24) is 10.1 Å². The third-order valence-corrected chi connectivity index (χ3v) is 2.31. The van der Waals surface area contributed by atoms with E-state index in [0.29, 0.717) is 13.1 Å². The van der Waals surface area contributed by atoms with E-state index < -0.39 is 0 Å². The summed E-state index contributed by atoms with van der Waals surface area (Å²) >= 11 is 0. The smallest absolute Gasteiger partial charge is 0.0372 e. The van der Waals surface area contributed by atoms with Crippen molar-refractivity contribution in [2.24, 2.45) is 0 Å². The molecular formula is C14H25FN2. The molecule has 0 aliphatic rings. The van der Waals surface area contributed by atoms with Crippen LogP contribution in [0.3, 0.4) is 0 Å². The zero-order valence-electron chi connectivity index (χ0n) is 11.5. The molecule has 1 rings (SSSR count). The van der Waals surface area contributed by atoms with Gasteiger partial charge in [0.15, 0.2) is 0 Å². The molecule has 0 unspecified atom stereocenters. The predicted octanol–water partition coefficient (Wildman–Crippen LogP) is 3.95. The number of nitrogens with zero attached hydrogens (tertiary/aromatic N) is 2. The molecule has 0 bridgehead atoms. The summed E-state index contributed by atoms with van der Waals surface area (Å²) in [6, 6.07) is 4.15. The average molecular weight is 240 g/mol. The Hall–Kier alpha value is -0.960. The molecule has 3 heteroatoms. The van der Waals surface area contributed by atoms with E-state index in [-0.39, 0.29) is 0 Å². The molecule has 0 saturated carbocycles. The van der Waals surface area contributed by atoms with Crippen LogP contribution in [0, 0.1) is 6.92 Å². The SMILES string of the molecule is CCCN(F)CCC.CCc1ccc(C)nc1. The van der Waals surface area contributed by atoms with Crippen molar-refractivity contribution in [3.8, 4) is 0 Å². The van der Waals surface area contributed by atoms with E-state index in [2.05, 4.69) is 18.0 Å². The van der Waals surface area contributed by atoms with Gasteiger partial charge in [-0.2, -0.15) is 0 Å². The molecule has 0 N–H and O–H groups in total. The van der Waals surface area contributed by atoms with Gasteiger partial charge < -0.3 is 0 Å². The summed E-state index contributed by atoms with van der Waals surface area (Å²) in [6.07, 6.45) is 4.80. The molecule has 0 aliphatic heterocycles. The largest absolute Gasteiger partial charge is 0.261 e. The van der Waals surface area contributed by atoms with Crippen LogP contribution in [0.2, 0.25) is 0 Å². The van der Waals surface area contributed by atoms with Crippen LogP contribution in [0.15, 0.2) is 18.3 Å². The van der Waals surface area contributed by atoms with E-state index in [0.717, 1.165) is 30.1 Å². The van der Waals surface area contributed by atoms with Gasteiger partial charge in [-0.3, -0.25) is 4.98 Å². The van der Waals surface area contributed by atoms with Crippen molar-refractivity contribution in [2.45, 2.75) is 47.0 Å². The Balaban J connectivity index is 0.000000304. The van der Waals surface area contributed by atoms with Gasteiger partial charge in [0.05, 0.1) is 0 Å². The third-order valence-electron chi connectivity index (χ3n) is 2.31. The highest BCUT2D eigenvalue weighted by Crippen LogP contribution is 1.98. The van der Waals surface area contributed by atoms with Crippen LogP contribution in [-0.2, 0) is 6.42 Å². The van der Waals surface area contributed by atoms with Crippen LogP contribution in [0.5, 0.6) is 0 Å². The fraction of sp³-hybridized carbons (Fsp3) is 0.643. The van der Waals surface area contributed by atoms with Crippen LogP contribution < -0.4 is 0 Å². The van der Waals surface area contributed by atoms with Gasteiger partial charge in [-0.05, 0) is 37.8 Å².